The molecule has 5 nitrogen and oxygen atoms in total. The molecule has 0 aromatic rings. The Labute approximate surface area is 97.5 Å². The molecule has 0 aromatic heterocycles. The molecule has 0 bridgehead atoms. The Bertz CT molecular complexity index is 215. The van der Waals surface area contributed by atoms with Gasteiger partial charge in [-0.1, -0.05) is 0 Å². The molecule has 2 N–H and O–H groups in total. The number of morpholine rings is 1. The number of hydrogen-bond donors (Lipinski definition) is 1. The van der Waals surface area contributed by atoms with Gasteiger partial charge in [-0.2, -0.15) is 0 Å². The van der Waals surface area contributed by atoms with Gasteiger partial charge >= 0.3 is 0 Å². The summed E-state index contributed by atoms with van der Waals surface area (Å²) < 4.78 is 5.22. The van der Waals surface area contributed by atoms with Crippen molar-refractivity contribution in [3.05, 3.63) is 0 Å². The average molecular weight is 229 g/mol. The van der Waals surface area contributed by atoms with Crippen molar-refractivity contribution >= 4 is 5.91 Å². The standard InChI is InChI=1S/C11H23N3O2/c1-10(2)14(4-3-12)9-11(15)13-5-7-16-8-6-13/h10H,3-9,12H2,1-2H3. The average Bonchev–Trinajstić information content (AvgIpc) is 2.29. The van der Waals surface area contributed by atoms with E-state index < -0.39 is 0 Å². The van der Waals surface area contributed by atoms with Crippen molar-refractivity contribution < 1.29 is 9.53 Å². The van der Waals surface area contributed by atoms with Crippen LogP contribution in [0, 0.1) is 0 Å². The summed E-state index contributed by atoms with van der Waals surface area (Å²) in [6.45, 7) is 8.75. The summed E-state index contributed by atoms with van der Waals surface area (Å²) in [6.07, 6.45) is 0. The smallest absolute Gasteiger partial charge is 0.236 e. The zero-order valence-electron chi connectivity index (χ0n) is 10.3. The van der Waals surface area contributed by atoms with Crippen molar-refractivity contribution in [2.75, 3.05) is 45.9 Å². The number of hydrogen-bond acceptors (Lipinski definition) is 4. The second-order valence-electron chi connectivity index (χ2n) is 4.35. The van der Waals surface area contributed by atoms with Crippen molar-refractivity contribution in [2.45, 2.75) is 19.9 Å². The number of ether oxygens (including phenoxy) is 1. The Morgan fingerprint density at radius 2 is 2.06 bits per heavy atom. The summed E-state index contributed by atoms with van der Waals surface area (Å²) in [5, 5.41) is 0. The van der Waals surface area contributed by atoms with Crippen LogP contribution in [0.4, 0.5) is 0 Å². The third-order valence-corrected chi connectivity index (χ3v) is 2.85. The summed E-state index contributed by atoms with van der Waals surface area (Å²) in [5.41, 5.74) is 5.53. The Hall–Kier alpha value is -0.650. The van der Waals surface area contributed by atoms with E-state index in [1.165, 1.54) is 0 Å². The van der Waals surface area contributed by atoms with Crippen LogP contribution in [0.2, 0.25) is 0 Å². The van der Waals surface area contributed by atoms with E-state index in [1.54, 1.807) is 0 Å². The van der Waals surface area contributed by atoms with Gasteiger partial charge in [0.15, 0.2) is 0 Å². The van der Waals surface area contributed by atoms with Gasteiger partial charge in [0.2, 0.25) is 5.91 Å². The van der Waals surface area contributed by atoms with Crippen molar-refractivity contribution in [2.24, 2.45) is 5.73 Å². The quantitative estimate of drug-likeness (QED) is 0.691. The molecule has 1 aliphatic rings. The molecular formula is C11H23N3O2. The molecule has 0 spiro atoms. The van der Waals surface area contributed by atoms with Crippen molar-refractivity contribution in [1.29, 1.82) is 0 Å². The number of rotatable bonds is 5. The highest BCUT2D eigenvalue weighted by molar-refractivity contribution is 5.78. The number of amides is 1. The van der Waals surface area contributed by atoms with Crippen molar-refractivity contribution in [3.63, 3.8) is 0 Å². The molecule has 1 amide bonds. The molecule has 0 aliphatic carbocycles. The first-order chi connectivity index (χ1) is 7.65. The topological polar surface area (TPSA) is 58.8 Å². The SMILES string of the molecule is CC(C)N(CCN)CC(=O)N1CCOCC1. The summed E-state index contributed by atoms with van der Waals surface area (Å²) in [7, 11) is 0. The van der Waals surface area contributed by atoms with Crippen LogP contribution in [0.5, 0.6) is 0 Å². The van der Waals surface area contributed by atoms with Crippen LogP contribution in [0.1, 0.15) is 13.8 Å². The van der Waals surface area contributed by atoms with Gasteiger partial charge in [0, 0.05) is 32.2 Å². The first-order valence-electron chi connectivity index (χ1n) is 5.94. The van der Waals surface area contributed by atoms with Crippen LogP contribution in [0.3, 0.4) is 0 Å². The molecular weight excluding hydrogens is 206 g/mol. The van der Waals surface area contributed by atoms with Crippen LogP contribution in [-0.4, -0.2) is 67.7 Å². The zero-order chi connectivity index (χ0) is 12.0. The van der Waals surface area contributed by atoms with E-state index >= 15 is 0 Å². The minimum absolute atomic E-state index is 0.186. The van der Waals surface area contributed by atoms with Gasteiger partial charge in [-0.25, -0.2) is 0 Å². The number of carbonyl (C=O) groups excluding carboxylic acids is 1. The van der Waals surface area contributed by atoms with E-state index in [-0.39, 0.29) is 5.91 Å². The lowest BCUT2D eigenvalue weighted by Gasteiger charge is -2.31. The normalized spacial score (nSPS) is 17.2. The summed E-state index contributed by atoms with van der Waals surface area (Å²) in [6, 6.07) is 0.355. The highest BCUT2D eigenvalue weighted by Gasteiger charge is 2.20. The predicted octanol–water partition coefficient (Wildman–Crippen LogP) is -0.486. The van der Waals surface area contributed by atoms with E-state index in [1.807, 2.05) is 4.90 Å². The van der Waals surface area contributed by atoms with E-state index in [2.05, 4.69) is 18.7 Å². The fraction of sp³-hybridized carbons (Fsp3) is 0.909. The first-order valence-corrected chi connectivity index (χ1v) is 5.94. The van der Waals surface area contributed by atoms with E-state index in [9.17, 15) is 4.79 Å². The maximum atomic E-state index is 12.0. The second kappa shape index (κ2) is 6.83. The van der Waals surface area contributed by atoms with E-state index in [0.717, 1.165) is 6.54 Å². The molecule has 1 rings (SSSR count). The maximum absolute atomic E-state index is 12.0. The van der Waals surface area contributed by atoms with Gasteiger partial charge in [-0.3, -0.25) is 9.69 Å². The maximum Gasteiger partial charge on any atom is 0.236 e. The van der Waals surface area contributed by atoms with Crippen LogP contribution < -0.4 is 5.73 Å². The molecule has 0 saturated carbocycles. The van der Waals surface area contributed by atoms with Gasteiger partial charge in [-0.15, -0.1) is 0 Å². The van der Waals surface area contributed by atoms with Gasteiger partial charge in [-0.05, 0) is 13.8 Å². The van der Waals surface area contributed by atoms with Crippen LogP contribution in [0.25, 0.3) is 0 Å². The monoisotopic (exact) mass is 229 g/mol. The highest BCUT2D eigenvalue weighted by Crippen LogP contribution is 2.02. The summed E-state index contributed by atoms with van der Waals surface area (Å²) in [4.78, 5) is 16.0. The molecule has 1 saturated heterocycles. The van der Waals surface area contributed by atoms with Crippen molar-refractivity contribution in [1.82, 2.24) is 9.80 Å². The van der Waals surface area contributed by atoms with E-state index in [4.69, 9.17) is 10.5 Å². The minimum Gasteiger partial charge on any atom is -0.378 e. The molecule has 1 aliphatic heterocycles. The molecule has 0 unspecified atom stereocenters. The Morgan fingerprint density at radius 3 is 2.56 bits per heavy atom. The lowest BCUT2D eigenvalue weighted by molar-refractivity contribution is -0.136. The van der Waals surface area contributed by atoms with Crippen LogP contribution in [0.15, 0.2) is 0 Å². The number of nitrogens with two attached hydrogens (primary N) is 1. The Balaban J connectivity index is 2.40. The van der Waals surface area contributed by atoms with Gasteiger partial charge in [0.1, 0.15) is 0 Å². The first kappa shape index (κ1) is 13.4. The molecule has 16 heavy (non-hydrogen) atoms. The third kappa shape index (κ3) is 4.08. The minimum atomic E-state index is 0.186. The molecule has 0 atom stereocenters. The zero-order valence-corrected chi connectivity index (χ0v) is 10.3. The van der Waals surface area contributed by atoms with Crippen LogP contribution in [-0.2, 0) is 9.53 Å². The fourth-order valence-corrected chi connectivity index (χ4v) is 1.77. The molecule has 1 fully saturated rings. The fourth-order valence-electron chi connectivity index (χ4n) is 1.77. The summed E-state index contributed by atoms with van der Waals surface area (Å²) >= 11 is 0. The van der Waals surface area contributed by atoms with Gasteiger partial charge in [0.25, 0.3) is 0 Å². The van der Waals surface area contributed by atoms with Gasteiger partial charge < -0.3 is 15.4 Å². The van der Waals surface area contributed by atoms with Gasteiger partial charge in [0.05, 0.1) is 19.8 Å². The molecule has 94 valence electrons. The van der Waals surface area contributed by atoms with E-state index in [0.29, 0.717) is 45.4 Å². The molecule has 0 aromatic carbocycles. The van der Waals surface area contributed by atoms with Crippen LogP contribution >= 0.6 is 0 Å². The lowest BCUT2D eigenvalue weighted by atomic mass is 10.3. The largest absolute Gasteiger partial charge is 0.378 e. The molecule has 1 heterocycles. The predicted molar refractivity (Wildman–Crippen MR) is 63.2 cm³/mol. The number of carbonyl (C=O) groups is 1. The number of nitrogens with zero attached hydrogens (tertiary/aromatic N) is 2. The van der Waals surface area contributed by atoms with Crippen molar-refractivity contribution in [3.8, 4) is 0 Å². The Kier molecular flexibility index (Phi) is 5.73. The second-order valence-corrected chi connectivity index (χ2v) is 4.35. The Morgan fingerprint density at radius 1 is 1.44 bits per heavy atom. The lowest BCUT2D eigenvalue weighted by Crippen LogP contribution is -2.48. The molecule has 5 heteroatoms. The molecule has 0 radical (unpaired) electrons. The third-order valence-electron chi connectivity index (χ3n) is 2.85. The highest BCUT2D eigenvalue weighted by atomic mass is 16.5. The summed E-state index contributed by atoms with van der Waals surface area (Å²) in [5.74, 6) is 0.186.